The summed E-state index contributed by atoms with van der Waals surface area (Å²) in [4.78, 5) is 15.1. The molecule has 2 aromatic rings. The lowest BCUT2D eigenvalue weighted by molar-refractivity contribution is 0.111. The number of hydrogen-bond acceptors (Lipinski definition) is 4. The molecule has 16 heavy (non-hydrogen) atoms. The van der Waals surface area contributed by atoms with Crippen molar-refractivity contribution in [2.24, 2.45) is 0 Å². The van der Waals surface area contributed by atoms with Gasteiger partial charge in [0, 0.05) is 20.1 Å². The summed E-state index contributed by atoms with van der Waals surface area (Å²) < 4.78 is 6.53. The van der Waals surface area contributed by atoms with E-state index in [0.717, 1.165) is 25.0 Å². The minimum Gasteiger partial charge on any atom is -0.385 e. The smallest absolute Gasteiger partial charge is 0.168 e. The number of pyridine rings is 1. The Bertz CT molecular complexity index is 493. The first kappa shape index (κ1) is 10.8. The Morgan fingerprint density at radius 1 is 1.50 bits per heavy atom. The van der Waals surface area contributed by atoms with Gasteiger partial charge in [0.25, 0.3) is 0 Å². The second-order valence-corrected chi connectivity index (χ2v) is 3.46. The third-order valence-corrected chi connectivity index (χ3v) is 2.30. The van der Waals surface area contributed by atoms with Crippen molar-refractivity contribution in [3.8, 4) is 0 Å². The molecule has 0 amide bonds. The zero-order valence-electron chi connectivity index (χ0n) is 9.09. The first-order valence-electron chi connectivity index (χ1n) is 5.14. The number of aldehydes is 1. The topological polar surface area (TPSA) is 56.5 Å². The number of fused-ring (bicyclic) bond motifs is 1. The summed E-state index contributed by atoms with van der Waals surface area (Å²) in [5.41, 5.74) is 1.22. The van der Waals surface area contributed by atoms with Gasteiger partial charge >= 0.3 is 0 Å². The van der Waals surface area contributed by atoms with Crippen LogP contribution in [0.2, 0.25) is 0 Å². The fourth-order valence-electron chi connectivity index (χ4n) is 1.54. The Morgan fingerprint density at radius 3 is 3.12 bits per heavy atom. The van der Waals surface area contributed by atoms with E-state index in [1.165, 1.54) is 0 Å². The number of ether oxygens (including phenoxy) is 1. The van der Waals surface area contributed by atoms with E-state index in [1.54, 1.807) is 23.8 Å². The molecule has 84 valence electrons. The summed E-state index contributed by atoms with van der Waals surface area (Å²) in [6.07, 6.45) is 2.41. The predicted molar refractivity (Wildman–Crippen MR) is 58.6 cm³/mol. The van der Waals surface area contributed by atoms with Gasteiger partial charge in [0.15, 0.2) is 17.8 Å². The van der Waals surface area contributed by atoms with E-state index < -0.39 is 0 Å². The van der Waals surface area contributed by atoms with Gasteiger partial charge in [-0.15, -0.1) is 0 Å². The zero-order valence-corrected chi connectivity index (χ0v) is 9.09. The highest BCUT2D eigenvalue weighted by atomic mass is 16.5. The minimum atomic E-state index is 0.517. The summed E-state index contributed by atoms with van der Waals surface area (Å²) in [7, 11) is 1.67. The molecule has 2 aromatic heterocycles. The van der Waals surface area contributed by atoms with E-state index in [4.69, 9.17) is 4.74 Å². The average molecular weight is 219 g/mol. The maximum atomic E-state index is 10.8. The van der Waals surface area contributed by atoms with Crippen molar-refractivity contribution < 1.29 is 9.53 Å². The number of methoxy groups -OCH3 is 1. The summed E-state index contributed by atoms with van der Waals surface area (Å²) in [6.45, 7) is 0.691. The Kier molecular flexibility index (Phi) is 3.26. The van der Waals surface area contributed by atoms with Crippen LogP contribution in [0.3, 0.4) is 0 Å². The van der Waals surface area contributed by atoms with Gasteiger partial charge in [-0.1, -0.05) is 6.07 Å². The standard InChI is InChI=1S/C11H13N3O2/c1-16-7-3-5-10-12-11-6-2-4-9(8-15)14(11)13-10/h2,4,6,8H,3,5,7H2,1H3. The third-order valence-electron chi connectivity index (χ3n) is 2.30. The van der Waals surface area contributed by atoms with E-state index in [1.807, 2.05) is 6.07 Å². The fourth-order valence-corrected chi connectivity index (χ4v) is 1.54. The van der Waals surface area contributed by atoms with Crippen LogP contribution >= 0.6 is 0 Å². The summed E-state index contributed by atoms with van der Waals surface area (Å²) >= 11 is 0. The number of nitrogens with zero attached hydrogens (tertiary/aromatic N) is 3. The molecule has 2 rings (SSSR count). The molecule has 5 nitrogen and oxygen atoms in total. The monoisotopic (exact) mass is 219 g/mol. The zero-order chi connectivity index (χ0) is 11.4. The van der Waals surface area contributed by atoms with Crippen LogP contribution in [-0.2, 0) is 11.2 Å². The Morgan fingerprint density at radius 2 is 2.38 bits per heavy atom. The number of aryl methyl sites for hydroxylation is 1. The molecule has 0 fully saturated rings. The highest BCUT2D eigenvalue weighted by Crippen LogP contribution is 2.05. The van der Waals surface area contributed by atoms with E-state index in [2.05, 4.69) is 10.1 Å². The molecule has 2 heterocycles. The normalized spacial score (nSPS) is 10.8. The first-order chi connectivity index (χ1) is 7.85. The second-order valence-electron chi connectivity index (χ2n) is 3.46. The summed E-state index contributed by atoms with van der Waals surface area (Å²) in [5.74, 6) is 0.742. The van der Waals surface area contributed by atoms with Crippen molar-refractivity contribution >= 4 is 11.9 Å². The molecule has 0 bridgehead atoms. The lowest BCUT2D eigenvalue weighted by Gasteiger charge is -1.94. The van der Waals surface area contributed by atoms with Gasteiger partial charge in [0.2, 0.25) is 0 Å². The molecule has 0 spiro atoms. The first-order valence-corrected chi connectivity index (χ1v) is 5.14. The van der Waals surface area contributed by atoms with Gasteiger partial charge in [-0.25, -0.2) is 9.50 Å². The van der Waals surface area contributed by atoms with Gasteiger partial charge in [0.05, 0.1) is 0 Å². The van der Waals surface area contributed by atoms with Crippen molar-refractivity contribution in [3.05, 3.63) is 29.7 Å². The second kappa shape index (κ2) is 4.85. The van der Waals surface area contributed by atoms with Crippen molar-refractivity contribution in [1.29, 1.82) is 0 Å². The lowest BCUT2D eigenvalue weighted by atomic mass is 10.3. The van der Waals surface area contributed by atoms with Crippen LogP contribution in [-0.4, -0.2) is 34.6 Å². The molecule has 0 aliphatic rings. The van der Waals surface area contributed by atoms with Crippen molar-refractivity contribution in [3.63, 3.8) is 0 Å². The quantitative estimate of drug-likeness (QED) is 0.558. The van der Waals surface area contributed by atoms with Crippen LogP contribution in [0, 0.1) is 0 Å². The van der Waals surface area contributed by atoms with E-state index in [0.29, 0.717) is 17.9 Å². The maximum absolute atomic E-state index is 10.8. The molecule has 0 aliphatic carbocycles. The third kappa shape index (κ3) is 2.09. The molecule has 0 N–H and O–H groups in total. The van der Waals surface area contributed by atoms with E-state index in [9.17, 15) is 4.79 Å². The van der Waals surface area contributed by atoms with E-state index in [-0.39, 0.29) is 0 Å². The van der Waals surface area contributed by atoms with Crippen LogP contribution < -0.4 is 0 Å². The van der Waals surface area contributed by atoms with Gasteiger partial charge < -0.3 is 4.74 Å². The molecule has 0 saturated heterocycles. The van der Waals surface area contributed by atoms with Crippen LogP contribution in [0.5, 0.6) is 0 Å². The van der Waals surface area contributed by atoms with Crippen LogP contribution in [0.1, 0.15) is 22.7 Å². The molecule has 0 saturated carbocycles. The molecule has 0 unspecified atom stereocenters. The number of hydrogen-bond donors (Lipinski definition) is 0. The van der Waals surface area contributed by atoms with Gasteiger partial charge in [-0.05, 0) is 18.6 Å². The van der Waals surface area contributed by atoms with Crippen LogP contribution in [0.4, 0.5) is 0 Å². The summed E-state index contributed by atoms with van der Waals surface area (Å²) in [6, 6.07) is 5.35. The number of carbonyl (C=O) groups excluding carboxylic acids is 1. The number of rotatable bonds is 5. The molecule has 5 heteroatoms. The number of aromatic nitrogens is 3. The molecular formula is C11H13N3O2. The van der Waals surface area contributed by atoms with Crippen LogP contribution in [0.25, 0.3) is 5.65 Å². The Labute approximate surface area is 93.1 Å². The number of carbonyl (C=O) groups is 1. The molecule has 0 aromatic carbocycles. The average Bonchev–Trinajstić information content (AvgIpc) is 2.71. The maximum Gasteiger partial charge on any atom is 0.168 e. The molecular weight excluding hydrogens is 206 g/mol. The SMILES string of the molecule is COCCCc1nc2cccc(C=O)n2n1. The summed E-state index contributed by atoms with van der Waals surface area (Å²) in [5, 5.41) is 4.27. The van der Waals surface area contributed by atoms with Crippen molar-refractivity contribution in [2.75, 3.05) is 13.7 Å². The molecule has 0 atom stereocenters. The molecule has 0 aliphatic heterocycles. The largest absolute Gasteiger partial charge is 0.385 e. The van der Waals surface area contributed by atoms with Gasteiger partial charge in [0.1, 0.15) is 5.69 Å². The van der Waals surface area contributed by atoms with Crippen LogP contribution in [0.15, 0.2) is 18.2 Å². The Hall–Kier alpha value is -1.75. The van der Waals surface area contributed by atoms with E-state index >= 15 is 0 Å². The fraction of sp³-hybridized carbons (Fsp3) is 0.364. The Balaban J connectivity index is 2.25. The lowest BCUT2D eigenvalue weighted by Crippen LogP contribution is -1.98. The van der Waals surface area contributed by atoms with Gasteiger partial charge in [-0.2, -0.15) is 5.10 Å². The van der Waals surface area contributed by atoms with Crippen molar-refractivity contribution in [1.82, 2.24) is 14.6 Å². The molecule has 0 radical (unpaired) electrons. The van der Waals surface area contributed by atoms with Gasteiger partial charge in [-0.3, -0.25) is 4.79 Å². The van der Waals surface area contributed by atoms with Crippen molar-refractivity contribution in [2.45, 2.75) is 12.8 Å². The minimum absolute atomic E-state index is 0.517. The predicted octanol–water partition coefficient (Wildman–Crippen LogP) is 1.12. The highest BCUT2D eigenvalue weighted by Gasteiger charge is 2.05. The highest BCUT2D eigenvalue weighted by molar-refractivity contribution is 5.73.